The minimum Gasteiger partial charge on any atom is -0.334 e. The van der Waals surface area contributed by atoms with Gasteiger partial charge in [-0.25, -0.2) is 0 Å². The summed E-state index contributed by atoms with van der Waals surface area (Å²) in [6.45, 7) is 2.62. The van der Waals surface area contributed by atoms with E-state index < -0.39 is 0 Å². The summed E-state index contributed by atoms with van der Waals surface area (Å²) < 4.78 is 0. The van der Waals surface area contributed by atoms with Gasteiger partial charge in [-0.05, 0) is 30.3 Å². The molecule has 78 valence electrons. The van der Waals surface area contributed by atoms with Gasteiger partial charge in [-0.1, -0.05) is 18.2 Å². The van der Waals surface area contributed by atoms with Crippen LogP contribution in [0, 0.1) is 6.92 Å². The molecule has 0 amide bonds. The van der Waals surface area contributed by atoms with Crippen LogP contribution in [-0.4, -0.2) is 16.8 Å². The van der Waals surface area contributed by atoms with E-state index in [1.54, 1.807) is 0 Å². The van der Waals surface area contributed by atoms with Crippen molar-refractivity contribution in [3.63, 3.8) is 0 Å². The first kappa shape index (κ1) is 10.2. The third-order valence-corrected chi connectivity index (χ3v) is 3.02. The Labute approximate surface area is 93.0 Å². The molecule has 0 atom stereocenters. The maximum Gasteiger partial charge on any atom is 0.198 e. The highest BCUT2D eigenvalue weighted by Gasteiger charge is 2.14. The van der Waals surface area contributed by atoms with Gasteiger partial charge in [-0.2, -0.15) is 0 Å². The number of aliphatic imine (C=N–C) groups is 1. The second kappa shape index (κ2) is 4.49. The van der Waals surface area contributed by atoms with Crippen molar-refractivity contribution in [1.82, 2.24) is 0 Å². The van der Waals surface area contributed by atoms with Gasteiger partial charge in [0.05, 0.1) is 0 Å². The van der Waals surface area contributed by atoms with E-state index in [2.05, 4.69) is 10.3 Å². The standard InChI is InChI=1S/C11H12N2OS/c1-8-4-2-3-5-9(8)13-11-12-7-6-10(14)15-11/h2-5H,6-7H2,1H3,(H,12,13). The Bertz CT molecular complexity index is 415. The maximum absolute atomic E-state index is 11.2. The van der Waals surface area contributed by atoms with Gasteiger partial charge in [0.1, 0.15) is 0 Å². The fraction of sp³-hybridized carbons (Fsp3) is 0.273. The Morgan fingerprint density at radius 2 is 2.20 bits per heavy atom. The normalized spacial score (nSPS) is 16.1. The second-order valence-corrected chi connectivity index (χ2v) is 4.40. The highest BCUT2D eigenvalue weighted by atomic mass is 32.2. The molecular weight excluding hydrogens is 208 g/mol. The van der Waals surface area contributed by atoms with E-state index in [9.17, 15) is 4.79 Å². The number of nitrogens with one attached hydrogen (secondary N) is 1. The summed E-state index contributed by atoms with van der Waals surface area (Å²) in [5, 5.41) is 4.06. The van der Waals surface area contributed by atoms with Crippen LogP contribution in [0.25, 0.3) is 0 Å². The number of carbonyl (C=O) groups is 1. The molecule has 1 heterocycles. The zero-order chi connectivity index (χ0) is 10.7. The second-order valence-electron chi connectivity index (χ2n) is 3.35. The molecule has 1 aromatic rings. The van der Waals surface area contributed by atoms with Crippen LogP contribution in [0.2, 0.25) is 0 Å². The minimum atomic E-state index is 0.182. The Morgan fingerprint density at radius 3 is 2.93 bits per heavy atom. The van der Waals surface area contributed by atoms with Crippen molar-refractivity contribution < 1.29 is 4.79 Å². The molecule has 0 unspecified atom stereocenters. The number of anilines is 1. The van der Waals surface area contributed by atoms with Crippen molar-refractivity contribution in [2.75, 3.05) is 11.9 Å². The number of para-hydroxylation sites is 1. The van der Waals surface area contributed by atoms with Crippen LogP contribution in [0.1, 0.15) is 12.0 Å². The topological polar surface area (TPSA) is 41.5 Å². The summed E-state index contributed by atoms with van der Waals surface area (Å²) in [4.78, 5) is 15.5. The summed E-state index contributed by atoms with van der Waals surface area (Å²) >= 11 is 1.19. The number of carbonyl (C=O) groups excluding carboxylic acids is 1. The first-order valence-corrected chi connectivity index (χ1v) is 5.65. The number of hydrogen-bond donors (Lipinski definition) is 1. The number of benzene rings is 1. The highest BCUT2D eigenvalue weighted by Crippen LogP contribution is 2.19. The van der Waals surface area contributed by atoms with Crippen LogP contribution in [0.5, 0.6) is 0 Å². The lowest BCUT2D eigenvalue weighted by Crippen LogP contribution is -2.16. The van der Waals surface area contributed by atoms with Gasteiger partial charge in [0.15, 0.2) is 10.3 Å². The average Bonchev–Trinajstić information content (AvgIpc) is 2.22. The minimum absolute atomic E-state index is 0.182. The van der Waals surface area contributed by atoms with Crippen LogP contribution in [0.15, 0.2) is 29.3 Å². The molecular formula is C11H12N2OS. The lowest BCUT2D eigenvalue weighted by Gasteiger charge is -2.13. The van der Waals surface area contributed by atoms with E-state index in [0.717, 1.165) is 11.3 Å². The van der Waals surface area contributed by atoms with E-state index in [1.807, 2.05) is 31.2 Å². The van der Waals surface area contributed by atoms with Crippen LogP contribution in [-0.2, 0) is 4.79 Å². The monoisotopic (exact) mass is 220 g/mol. The van der Waals surface area contributed by atoms with E-state index in [-0.39, 0.29) is 5.12 Å². The number of aryl methyl sites for hydroxylation is 1. The Balaban J connectivity index is 2.12. The van der Waals surface area contributed by atoms with Gasteiger partial charge < -0.3 is 5.32 Å². The molecule has 3 nitrogen and oxygen atoms in total. The summed E-state index contributed by atoms with van der Waals surface area (Å²) in [5.41, 5.74) is 2.16. The molecule has 4 heteroatoms. The molecule has 0 spiro atoms. The van der Waals surface area contributed by atoms with Gasteiger partial charge in [-0.3, -0.25) is 9.79 Å². The Hall–Kier alpha value is -1.29. The van der Waals surface area contributed by atoms with Crippen molar-refractivity contribution in [2.45, 2.75) is 13.3 Å². The Morgan fingerprint density at radius 1 is 1.40 bits per heavy atom. The predicted molar refractivity (Wildman–Crippen MR) is 64.3 cm³/mol. The zero-order valence-corrected chi connectivity index (χ0v) is 9.30. The molecule has 0 bridgehead atoms. The van der Waals surface area contributed by atoms with E-state index in [1.165, 1.54) is 11.8 Å². The van der Waals surface area contributed by atoms with Crippen LogP contribution < -0.4 is 5.32 Å². The largest absolute Gasteiger partial charge is 0.334 e. The van der Waals surface area contributed by atoms with Crippen LogP contribution >= 0.6 is 11.8 Å². The molecule has 0 fully saturated rings. The first-order chi connectivity index (χ1) is 7.25. The van der Waals surface area contributed by atoms with Crippen molar-refractivity contribution in [1.29, 1.82) is 0 Å². The first-order valence-electron chi connectivity index (χ1n) is 4.83. The molecule has 1 aromatic carbocycles. The molecule has 0 radical (unpaired) electrons. The van der Waals surface area contributed by atoms with E-state index in [4.69, 9.17) is 0 Å². The molecule has 0 saturated heterocycles. The van der Waals surface area contributed by atoms with Crippen molar-refractivity contribution in [3.8, 4) is 0 Å². The van der Waals surface area contributed by atoms with Crippen LogP contribution in [0.4, 0.5) is 5.69 Å². The molecule has 15 heavy (non-hydrogen) atoms. The fourth-order valence-corrected chi connectivity index (χ4v) is 2.06. The molecule has 1 N–H and O–H groups in total. The van der Waals surface area contributed by atoms with Gasteiger partial charge in [-0.15, -0.1) is 0 Å². The highest BCUT2D eigenvalue weighted by molar-refractivity contribution is 8.26. The predicted octanol–water partition coefficient (Wildman–Crippen LogP) is 2.43. The van der Waals surface area contributed by atoms with Gasteiger partial charge in [0.25, 0.3) is 0 Å². The fourth-order valence-electron chi connectivity index (χ4n) is 1.33. The lowest BCUT2D eigenvalue weighted by atomic mass is 10.2. The lowest BCUT2D eigenvalue weighted by molar-refractivity contribution is -0.110. The summed E-state index contributed by atoms with van der Waals surface area (Å²) in [6.07, 6.45) is 0.545. The summed E-state index contributed by atoms with van der Waals surface area (Å²) in [6, 6.07) is 7.96. The number of hydrogen-bond acceptors (Lipinski definition) is 4. The third-order valence-electron chi connectivity index (χ3n) is 2.17. The van der Waals surface area contributed by atoms with Gasteiger partial charge >= 0.3 is 0 Å². The summed E-state index contributed by atoms with van der Waals surface area (Å²) in [5.74, 6) is 0. The quantitative estimate of drug-likeness (QED) is 0.790. The van der Waals surface area contributed by atoms with E-state index in [0.29, 0.717) is 18.1 Å². The smallest absolute Gasteiger partial charge is 0.198 e. The SMILES string of the molecule is Cc1ccccc1NC1=NCCC(=O)S1. The van der Waals surface area contributed by atoms with Crippen molar-refractivity contribution in [2.24, 2.45) is 4.99 Å². The molecule has 0 aliphatic carbocycles. The third kappa shape index (κ3) is 2.59. The van der Waals surface area contributed by atoms with E-state index >= 15 is 0 Å². The number of nitrogens with zero attached hydrogens (tertiary/aromatic N) is 1. The molecule has 0 saturated carbocycles. The van der Waals surface area contributed by atoms with Gasteiger partial charge in [0, 0.05) is 18.7 Å². The Kier molecular flexibility index (Phi) is 3.06. The van der Waals surface area contributed by atoms with Crippen molar-refractivity contribution >= 4 is 27.7 Å². The molecule has 2 rings (SSSR count). The van der Waals surface area contributed by atoms with Crippen molar-refractivity contribution in [3.05, 3.63) is 29.8 Å². The van der Waals surface area contributed by atoms with Gasteiger partial charge in [0.2, 0.25) is 0 Å². The molecule has 1 aliphatic rings. The van der Waals surface area contributed by atoms with Crippen LogP contribution in [0.3, 0.4) is 0 Å². The zero-order valence-electron chi connectivity index (χ0n) is 8.49. The number of thioether (sulfide) groups is 1. The summed E-state index contributed by atoms with van der Waals surface area (Å²) in [7, 11) is 0. The molecule has 1 aliphatic heterocycles. The maximum atomic E-state index is 11.2. The number of rotatable bonds is 1. The molecule has 0 aromatic heterocycles. The average molecular weight is 220 g/mol. The number of amidine groups is 1.